The Morgan fingerprint density at radius 1 is 1.16 bits per heavy atom. The lowest BCUT2D eigenvalue weighted by Crippen LogP contribution is -2.40. The van der Waals surface area contributed by atoms with Gasteiger partial charge in [-0.2, -0.15) is 4.31 Å². The number of nitrogens with zero attached hydrogens (tertiary/aromatic N) is 2. The Morgan fingerprint density at radius 3 is 2.52 bits per heavy atom. The second kappa shape index (κ2) is 10.6. The molecule has 0 spiro atoms. The van der Waals surface area contributed by atoms with Crippen LogP contribution >= 0.6 is 11.6 Å². The van der Waals surface area contributed by atoms with Gasteiger partial charge in [0, 0.05) is 36.9 Å². The lowest BCUT2D eigenvalue weighted by molar-refractivity contribution is -0.121. The van der Waals surface area contributed by atoms with Crippen molar-refractivity contribution in [3.63, 3.8) is 0 Å². The number of amides is 1. The first-order valence-corrected chi connectivity index (χ1v) is 12.5. The molecular weight excluding hydrogens is 434 g/mol. The van der Waals surface area contributed by atoms with Crippen molar-refractivity contribution in [3.8, 4) is 0 Å². The molecule has 2 aromatic carbocycles. The zero-order valence-electron chi connectivity index (χ0n) is 18.1. The fraction of sp³-hybridized carbons (Fsp3) is 0.435. The minimum atomic E-state index is -3.50. The van der Waals surface area contributed by atoms with E-state index in [-0.39, 0.29) is 16.7 Å². The summed E-state index contributed by atoms with van der Waals surface area (Å²) >= 11 is 6.08. The first-order valence-electron chi connectivity index (χ1n) is 10.7. The van der Waals surface area contributed by atoms with Crippen LogP contribution in [0, 0.1) is 5.92 Å². The van der Waals surface area contributed by atoms with Gasteiger partial charge in [-0.15, -0.1) is 0 Å². The third kappa shape index (κ3) is 6.07. The summed E-state index contributed by atoms with van der Waals surface area (Å²) in [6.07, 6.45) is 1.80. The van der Waals surface area contributed by atoms with Gasteiger partial charge < -0.3 is 5.32 Å². The van der Waals surface area contributed by atoms with Crippen LogP contribution in [0.4, 0.5) is 5.69 Å². The van der Waals surface area contributed by atoms with E-state index in [1.165, 1.54) is 4.31 Å². The Bertz CT molecular complexity index is 991. The van der Waals surface area contributed by atoms with Gasteiger partial charge in [-0.3, -0.25) is 9.69 Å². The van der Waals surface area contributed by atoms with Crippen LogP contribution in [0.1, 0.15) is 32.3 Å². The molecule has 1 aliphatic heterocycles. The van der Waals surface area contributed by atoms with Crippen molar-refractivity contribution in [1.29, 1.82) is 0 Å². The zero-order valence-corrected chi connectivity index (χ0v) is 19.6. The highest BCUT2D eigenvalue weighted by atomic mass is 35.5. The van der Waals surface area contributed by atoms with E-state index in [0.717, 1.165) is 36.5 Å². The highest BCUT2D eigenvalue weighted by molar-refractivity contribution is 7.89. The first kappa shape index (κ1) is 23.7. The molecule has 2 aromatic rings. The summed E-state index contributed by atoms with van der Waals surface area (Å²) in [5, 5.41) is 3.66. The molecule has 1 N–H and O–H groups in total. The lowest BCUT2D eigenvalue weighted by Gasteiger charge is -2.32. The van der Waals surface area contributed by atoms with Crippen molar-refractivity contribution >= 4 is 33.2 Å². The molecule has 1 unspecified atom stereocenters. The molecule has 1 fully saturated rings. The van der Waals surface area contributed by atoms with Gasteiger partial charge in [-0.25, -0.2) is 8.42 Å². The van der Waals surface area contributed by atoms with Crippen LogP contribution in [0.5, 0.6) is 0 Å². The van der Waals surface area contributed by atoms with E-state index in [0.29, 0.717) is 25.3 Å². The molecule has 31 heavy (non-hydrogen) atoms. The summed E-state index contributed by atoms with van der Waals surface area (Å²) in [5.74, 6) is -0.137. The Hall–Kier alpha value is -1.93. The number of likely N-dealkylation sites (tertiary alicyclic amines) is 1. The third-order valence-electron chi connectivity index (χ3n) is 5.64. The van der Waals surface area contributed by atoms with E-state index in [9.17, 15) is 13.2 Å². The van der Waals surface area contributed by atoms with E-state index in [1.54, 1.807) is 24.3 Å². The van der Waals surface area contributed by atoms with Gasteiger partial charge in [-0.05, 0) is 61.3 Å². The van der Waals surface area contributed by atoms with Crippen molar-refractivity contribution in [2.45, 2.75) is 38.1 Å². The maximum atomic E-state index is 12.8. The Morgan fingerprint density at radius 2 is 1.87 bits per heavy atom. The number of nitrogens with one attached hydrogen (secondary N) is 1. The molecule has 6 nitrogen and oxygen atoms in total. The van der Waals surface area contributed by atoms with Crippen molar-refractivity contribution in [1.82, 2.24) is 9.21 Å². The topological polar surface area (TPSA) is 69.7 Å². The molecule has 1 aliphatic rings. The van der Waals surface area contributed by atoms with Crippen LogP contribution in [0.2, 0.25) is 5.02 Å². The van der Waals surface area contributed by atoms with Crippen molar-refractivity contribution < 1.29 is 13.2 Å². The average molecular weight is 464 g/mol. The molecule has 0 aromatic heterocycles. The van der Waals surface area contributed by atoms with Gasteiger partial charge in [0.1, 0.15) is 0 Å². The lowest BCUT2D eigenvalue weighted by atomic mass is 9.96. The largest absolute Gasteiger partial charge is 0.326 e. The average Bonchev–Trinajstić information content (AvgIpc) is 2.75. The summed E-state index contributed by atoms with van der Waals surface area (Å²) in [7, 11) is -3.50. The fourth-order valence-electron chi connectivity index (χ4n) is 3.97. The fourth-order valence-corrected chi connectivity index (χ4v) is 5.64. The zero-order chi connectivity index (χ0) is 22.4. The number of hydrogen-bond acceptors (Lipinski definition) is 4. The van der Waals surface area contributed by atoms with Crippen LogP contribution < -0.4 is 5.32 Å². The summed E-state index contributed by atoms with van der Waals surface area (Å²) in [6, 6.07) is 14.2. The number of anilines is 1. The molecule has 168 valence electrons. The minimum absolute atomic E-state index is 0.0323. The number of piperidine rings is 1. The molecule has 1 saturated heterocycles. The molecule has 0 aliphatic carbocycles. The van der Waals surface area contributed by atoms with Gasteiger partial charge in [-0.1, -0.05) is 37.6 Å². The van der Waals surface area contributed by atoms with E-state index >= 15 is 0 Å². The molecule has 8 heteroatoms. The normalized spacial score (nSPS) is 17.6. The maximum absolute atomic E-state index is 12.8. The summed E-state index contributed by atoms with van der Waals surface area (Å²) < 4.78 is 26.6. The number of halogens is 1. The molecule has 0 radical (unpaired) electrons. The molecule has 0 bridgehead atoms. The van der Waals surface area contributed by atoms with E-state index in [1.807, 2.05) is 38.1 Å². The number of carbonyl (C=O) groups excluding carboxylic acids is 1. The van der Waals surface area contributed by atoms with Crippen LogP contribution in [0.3, 0.4) is 0 Å². The maximum Gasteiger partial charge on any atom is 0.243 e. The molecule has 1 heterocycles. The summed E-state index contributed by atoms with van der Waals surface area (Å²) in [5.41, 5.74) is 1.74. The Kier molecular flexibility index (Phi) is 8.11. The van der Waals surface area contributed by atoms with E-state index in [2.05, 4.69) is 10.2 Å². The van der Waals surface area contributed by atoms with Gasteiger partial charge in [0.15, 0.2) is 0 Å². The van der Waals surface area contributed by atoms with Crippen LogP contribution in [-0.2, 0) is 21.4 Å². The predicted octanol–water partition coefficient (Wildman–Crippen LogP) is 4.22. The van der Waals surface area contributed by atoms with Gasteiger partial charge >= 0.3 is 0 Å². The summed E-state index contributed by atoms with van der Waals surface area (Å²) in [6.45, 7) is 6.88. The van der Waals surface area contributed by atoms with Gasteiger partial charge in [0.05, 0.1) is 10.8 Å². The van der Waals surface area contributed by atoms with Crippen LogP contribution in [0.15, 0.2) is 53.4 Å². The van der Waals surface area contributed by atoms with Crippen LogP contribution in [0.25, 0.3) is 0 Å². The highest BCUT2D eigenvalue weighted by Gasteiger charge is 2.26. The number of sulfonamides is 1. The second-order valence-corrected chi connectivity index (χ2v) is 10.2. The van der Waals surface area contributed by atoms with Crippen molar-refractivity contribution in [3.05, 3.63) is 59.1 Å². The number of benzene rings is 2. The van der Waals surface area contributed by atoms with Gasteiger partial charge in [0.25, 0.3) is 0 Å². The quantitative estimate of drug-likeness (QED) is 0.636. The molecule has 1 amide bonds. The third-order valence-corrected chi connectivity index (χ3v) is 7.94. The number of hydrogen-bond donors (Lipinski definition) is 1. The predicted molar refractivity (Wildman–Crippen MR) is 125 cm³/mol. The second-order valence-electron chi connectivity index (χ2n) is 7.81. The standard InChI is InChI=1S/C23H30ClN3O3S/c1-3-27(4-2)31(29,30)22-12-10-21(11-13-22)25-23(28)19-8-6-14-26(17-19)16-18-7-5-9-20(24)15-18/h5,7,9-13,15,19H,3-4,6,8,14,16-17H2,1-2H3,(H,25,28). The number of rotatable bonds is 8. The van der Waals surface area contributed by atoms with Crippen LogP contribution in [-0.4, -0.2) is 49.7 Å². The Balaban J connectivity index is 1.60. The minimum Gasteiger partial charge on any atom is -0.326 e. The van der Waals surface area contributed by atoms with Gasteiger partial charge in [0.2, 0.25) is 15.9 Å². The van der Waals surface area contributed by atoms with E-state index in [4.69, 9.17) is 11.6 Å². The molecule has 1 atom stereocenters. The molecule has 0 saturated carbocycles. The first-order chi connectivity index (χ1) is 14.8. The Labute approximate surface area is 190 Å². The number of carbonyl (C=O) groups is 1. The smallest absolute Gasteiger partial charge is 0.243 e. The molecule has 3 rings (SSSR count). The van der Waals surface area contributed by atoms with Crippen molar-refractivity contribution in [2.24, 2.45) is 5.92 Å². The molecular formula is C23H30ClN3O3S. The van der Waals surface area contributed by atoms with E-state index < -0.39 is 10.0 Å². The SMILES string of the molecule is CCN(CC)S(=O)(=O)c1ccc(NC(=O)C2CCCN(Cc3cccc(Cl)c3)C2)cc1. The monoisotopic (exact) mass is 463 g/mol. The summed E-state index contributed by atoms with van der Waals surface area (Å²) in [4.78, 5) is 15.3. The van der Waals surface area contributed by atoms with Crippen molar-refractivity contribution in [2.75, 3.05) is 31.5 Å². The highest BCUT2D eigenvalue weighted by Crippen LogP contribution is 2.23.